The highest BCUT2D eigenvalue weighted by atomic mass is 79.9. The molecule has 1 aliphatic heterocycles. The molecule has 0 atom stereocenters. The molecule has 3 N–H and O–H groups in total. The van der Waals surface area contributed by atoms with E-state index in [1.54, 1.807) is 18.2 Å². The number of sulfonamides is 1. The van der Waals surface area contributed by atoms with Gasteiger partial charge in [-0.05, 0) is 49.5 Å². The third-order valence-electron chi connectivity index (χ3n) is 3.64. The Bertz CT molecular complexity index is 984. The van der Waals surface area contributed by atoms with Gasteiger partial charge in [0.05, 0.1) is 4.90 Å². The third kappa shape index (κ3) is 2.95. The van der Waals surface area contributed by atoms with Gasteiger partial charge in [0, 0.05) is 26.9 Å². The lowest BCUT2D eigenvalue weighted by molar-refractivity contribution is -0.110. The standard InChI is InChI=1S/C16H13BrN2O4S/c1-18-24(22,23)11-3-4-14-12(8-11)13(16(21)19-14)7-9-6-10(17)2-5-15(9)20/h2-8,18,20H,1H3,(H,19,21). The number of anilines is 1. The Labute approximate surface area is 147 Å². The number of benzene rings is 2. The average molecular weight is 409 g/mol. The van der Waals surface area contributed by atoms with E-state index in [-0.39, 0.29) is 22.1 Å². The Hall–Kier alpha value is -2.16. The third-order valence-corrected chi connectivity index (χ3v) is 5.55. The Morgan fingerprint density at radius 2 is 1.96 bits per heavy atom. The molecule has 124 valence electrons. The zero-order valence-corrected chi connectivity index (χ0v) is 14.9. The van der Waals surface area contributed by atoms with Gasteiger partial charge in [-0.3, -0.25) is 4.79 Å². The minimum atomic E-state index is -3.62. The summed E-state index contributed by atoms with van der Waals surface area (Å²) in [4.78, 5) is 12.3. The van der Waals surface area contributed by atoms with Crippen LogP contribution in [0.3, 0.4) is 0 Å². The van der Waals surface area contributed by atoms with Gasteiger partial charge in [0.15, 0.2) is 0 Å². The fourth-order valence-corrected chi connectivity index (χ4v) is 3.53. The van der Waals surface area contributed by atoms with Crippen LogP contribution in [0, 0.1) is 0 Å². The molecule has 0 saturated carbocycles. The monoisotopic (exact) mass is 408 g/mol. The summed E-state index contributed by atoms with van der Waals surface area (Å²) >= 11 is 3.31. The lowest BCUT2D eigenvalue weighted by Gasteiger charge is -2.06. The second kappa shape index (κ2) is 6.04. The van der Waals surface area contributed by atoms with Crippen LogP contribution in [-0.4, -0.2) is 26.5 Å². The second-order valence-corrected chi connectivity index (χ2v) is 7.93. The molecule has 0 spiro atoms. The summed E-state index contributed by atoms with van der Waals surface area (Å²) < 4.78 is 26.9. The first kappa shape index (κ1) is 16.7. The molecule has 6 nitrogen and oxygen atoms in total. The summed E-state index contributed by atoms with van der Waals surface area (Å²) in [5, 5.41) is 12.6. The molecule has 0 bridgehead atoms. The fraction of sp³-hybridized carbons (Fsp3) is 0.0625. The highest BCUT2D eigenvalue weighted by Gasteiger charge is 2.26. The van der Waals surface area contributed by atoms with Crippen molar-refractivity contribution in [1.29, 1.82) is 0 Å². The van der Waals surface area contributed by atoms with E-state index in [0.29, 0.717) is 16.8 Å². The van der Waals surface area contributed by atoms with E-state index in [9.17, 15) is 18.3 Å². The summed E-state index contributed by atoms with van der Waals surface area (Å²) in [6.45, 7) is 0. The van der Waals surface area contributed by atoms with E-state index in [4.69, 9.17) is 0 Å². The largest absolute Gasteiger partial charge is 0.507 e. The molecule has 2 aromatic carbocycles. The molecule has 3 rings (SSSR count). The number of nitrogens with one attached hydrogen (secondary N) is 2. The van der Waals surface area contributed by atoms with Crippen molar-refractivity contribution in [2.45, 2.75) is 4.90 Å². The quantitative estimate of drug-likeness (QED) is 0.679. The van der Waals surface area contributed by atoms with Gasteiger partial charge in [-0.25, -0.2) is 13.1 Å². The zero-order chi connectivity index (χ0) is 17.5. The molecule has 0 aromatic heterocycles. The number of hydrogen-bond donors (Lipinski definition) is 3. The molecular formula is C16H13BrN2O4S. The minimum absolute atomic E-state index is 0.0194. The normalized spacial score (nSPS) is 15.4. The van der Waals surface area contributed by atoms with E-state index in [0.717, 1.165) is 4.47 Å². The Morgan fingerprint density at radius 1 is 1.21 bits per heavy atom. The van der Waals surface area contributed by atoms with Crippen LogP contribution in [0.25, 0.3) is 11.6 Å². The minimum Gasteiger partial charge on any atom is -0.507 e. The Balaban J connectivity index is 2.16. The molecule has 8 heteroatoms. The number of amides is 1. The molecule has 2 aromatic rings. The number of phenolic OH excluding ortho intramolecular Hbond substituents is 1. The molecule has 24 heavy (non-hydrogen) atoms. The number of hydrogen-bond acceptors (Lipinski definition) is 4. The molecular weight excluding hydrogens is 396 g/mol. The van der Waals surface area contributed by atoms with Crippen molar-refractivity contribution in [2.24, 2.45) is 0 Å². The van der Waals surface area contributed by atoms with E-state index < -0.39 is 10.0 Å². The van der Waals surface area contributed by atoms with Gasteiger partial charge in [-0.2, -0.15) is 0 Å². The number of halogens is 1. The van der Waals surface area contributed by atoms with Gasteiger partial charge < -0.3 is 10.4 Å². The summed E-state index contributed by atoms with van der Waals surface area (Å²) in [6.07, 6.45) is 1.52. The SMILES string of the molecule is CNS(=O)(=O)c1ccc2c(c1)C(=Cc1cc(Br)ccc1O)C(=O)N2. The summed E-state index contributed by atoms with van der Waals surface area (Å²) in [5.74, 6) is -0.339. The van der Waals surface area contributed by atoms with E-state index in [2.05, 4.69) is 26.0 Å². The van der Waals surface area contributed by atoms with Gasteiger partial charge in [-0.15, -0.1) is 0 Å². The van der Waals surface area contributed by atoms with Gasteiger partial charge in [0.2, 0.25) is 10.0 Å². The van der Waals surface area contributed by atoms with E-state index in [1.807, 2.05) is 0 Å². The van der Waals surface area contributed by atoms with Crippen LogP contribution in [-0.2, 0) is 14.8 Å². The number of phenols is 1. The van der Waals surface area contributed by atoms with Gasteiger partial charge in [0.1, 0.15) is 5.75 Å². The average Bonchev–Trinajstić information content (AvgIpc) is 2.86. The van der Waals surface area contributed by atoms with Crippen LogP contribution < -0.4 is 10.0 Å². The first-order valence-electron chi connectivity index (χ1n) is 6.91. The summed E-state index contributed by atoms with van der Waals surface area (Å²) in [7, 11) is -2.30. The summed E-state index contributed by atoms with van der Waals surface area (Å²) in [5.41, 5.74) is 1.72. The first-order valence-corrected chi connectivity index (χ1v) is 9.19. The van der Waals surface area contributed by atoms with Crippen LogP contribution in [0.5, 0.6) is 5.75 Å². The number of aromatic hydroxyl groups is 1. The Morgan fingerprint density at radius 3 is 2.67 bits per heavy atom. The van der Waals surface area contributed by atoms with Crippen LogP contribution in [0.15, 0.2) is 45.8 Å². The molecule has 0 saturated heterocycles. The van der Waals surface area contributed by atoms with Crippen molar-refractivity contribution >= 4 is 49.2 Å². The van der Waals surface area contributed by atoms with Crippen LogP contribution in [0.4, 0.5) is 5.69 Å². The molecule has 1 amide bonds. The maximum Gasteiger partial charge on any atom is 0.256 e. The highest BCUT2D eigenvalue weighted by Crippen LogP contribution is 2.36. The van der Waals surface area contributed by atoms with Gasteiger partial charge in [-0.1, -0.05) is 15.9 Å². The fourth-order valence-electron chi connectivity index (χ4n) is 2.39. The lowest BCUT2D eigenvalue weighted by atomic mass is 10.0. The van der Waals surface area contributed by atoms with E-state index >= 15 is 0 Å². The first-order chi connectivity index (χ1) is 11.3. The number of carbonyl (C=O) groups is 1. The zero-order valence-electron chi connectivity index (χ0n) is 12.5. The van der Waals surface area contributed by atoms with Gasteiger partial charge >= 0.3 is 0 Å². The molecule has 1 heterocycles. The molecule has 1 aliphatic rings. The highest BCUT2D eigenvalue weighted by molar-refractivity contribution is 9.10. The second-order valence-electron chi connectivity index (χ2n) is 5.13. The van der Waals surface area contributed by atoms with Crippen molar-refractivity contribution in [3.63, 3.8) is 0 Å². The van der Waals surface area contributed by atoms with Crippen LogP contribution in [0.2, 0.25) is 0 Å². The van der Waals surface area contributed by atoms with Crippen molar-refractivity contribution in [3.8, 4) is 5.75 Å². The van der Waals surface area contributed by atoms with Crippen LogP contribution in [0.1, 0.15) is 11.1 Å². The molecule has 0 unspecified atom stereocenters. The topological polar surface area (TPSA) is 95.5 Å². The lowest BCUT2D eigenvalue weighted by Crippen LogP contribution is -2.18. The molecule has 0 radical (unpaired) electrons. The number of rotatable bonds is 3. The number of fused-ring (bicyclic) bond motifs is 1. The van der Waals surface area contributed by atoms with Crippen molar-refractivity contribution in [1.82, 2.24) is 4.72 Å². The predicted molar refractivity (Wildman–Crippen MR) is 95.0 cm³/mol. The van der Waals surface area contributed by atoms with Crippen molar-refractivity contribution < 1.29 is 18.3 Å². The predicted octanol–water partition coefficient (Wildman–Crippen LogP) is 2.56. The van der Waals surface area contributed by atoms with Crippen molar-refractivity contribution in [3.05, 3.63) is 52.0 Å². The molecule has 0 fully saturated rings. The molecule has 0 aliphatic carbocycles. The van der Waals surface area contributed by atoms with E-state index in [1.165, 1.54) is 31.3 Å². The number of carbonyl (C=O) groups excluding carboxylic acids is 1. The van der Waals surface area contributed by atoms with Crippen molar-refractivity contribution in [2.75, 3.05) is 12.4 Å². The van der Waals surface area contributed by atoms with Gasteiger partial charge in [0.25, 0.3) is 5.91 Å². The maximum absolute atomic E-state index is 12.2. The Kier molecular flexibility index (Phi) is 4.20. The maximum atomic E-state index is 12.2. The van der Waals surface area contributed by atoms with Crippen LogP contribution >= 0.6 is 15.9 Å². The summed E-state index contributed by atoms with van der Waals surface area (Å²) in [6, 6.07) is 9.25. The smallest absolute Gasteiger partial charge is 0.256 e.